The van der Waals surface area contributed by atoms with Gasteiger partial charge in [0.25, 0.3) is 10.0 Å². The van der Waals surface area contributed by atoms with Crippen molar-refractivity contribution in [3.8, 4) is 6.07 Å². The lowest BCUT2D eigenvalue weighted by atomic mass is 9.99. The van der Waals surface area contributed by atoms with E-state index < -0.39 is 10.0 Å². The number of nitrogens with zero attached hydrogens (tertiary/aromatic N) is 2. The third-order valence-electron chi connectivity index (χ3n) is 5.58. The second kappa shape index (κ2) is 9.23. The average molecular weight is 432 g/mol. The minimum atomic E-state index is -3.64. The first-order valence-corrected chi connectivity index (χ1v) is 12.0. The molecule has 0 aromatic heterocycles. The number of hydrogen-bond donors (Lipinski definition) is 1. The fourth-order valence-electron chi connectivity index (χ4n) is 4.07. The maximum Gasteiger partial charge on any atom is 0.261 e. The maximum atomic E-state index is 12.9. The van der Waals surface area contributed by atoms with Gasteiger partial charge in [0.1, 0.15) is 0 Å². The van der Waals surface area contributed by atoms with E-state index in [9.17, 15) is 8.42 Å². The summed E-state index contributed by atoms with van der Waals surface area (Å²) in [6, 6.07) is 24.2. The van der Waals surface area contributed by atoms with Crippen molar-refractivity contribution in [2.24, 2.45) is 0 Å². The molecule has 0 atom stereocenters. The summed E-state index contributed by atoms with van der Waals surface area (Å²) >= 11 is 0. The Morgan fingerprint density at radius 3 is 2.48 bits per heavy atom. The molecular weight excluding hydrogens is 406 g/mol. The zero-order chi connectivity index (χ0) is 21.7. The lowest BCUT2D eigenvalue weighted by molar-refractivity contribution is 0.601. The van der Waals surface area contributed by atoms with Gasteiger partial charge in [-0.15, -0.1) is 0 Å². The van der Waals surface area contributed by atoms with Crippen molar-refractivity contribution in [3.05, 3.63) is 89.5 Å². The molecule has 0 saturated heterocycles. The first-order valence-electron chi connectivity index (χ1n) is 10.5. The molecule has 3 aromatic carbocycles. The molecule has 0 spiro atoms. The molecule has 1 aliphatic heterocycles. The quantitative estimate of drug-likeness (QED) is 0.586. The lowest BCUT2D eigenvalue weighted by Crippen LogP contribution is -2.32. The molecule has 5 nitrogen and oxygen atoms in total. The van der Waals surface area contributed by atoms with Crippen LogP contribution in [0.25, 0.3) is 0 Å². The molecule has 158 valence electrons. The number of anilines is 2. The van der Waals surface area contributed by atoms with Crippen LogP contribution in [0.4, 0.5) is 11.4 Å². The van der Waals surface area contributed by atoms with Gasteiger partial charge in [-0.2, -0.15) is 5.26 Å². The van der Waals surface area contributed by atoms with E-state index in [0.717, 1.165) is 44.5 Å². The summed E-state index contributed by atoms with van der Waals surface area (Å²) in [5.41, 5.74) is 4.68. The standard InChI is InChI=1S/C25H25N3O2S/c26-19-21-15-13-20(14-16-21)7-5-17-28-18-6-9-22-8-4-12-24(25(22)28)27-31(29,30)23-10-2-1-3-11-23/h1-4,8,10-16,27H,5-7,9,17-18H2. The van der Waals surface area contributed by atoms with Crippen LogP contribution in [0.2, 0.25) is 0 Å². The Morgan fingerprint density at radius 1 is 0.968 bits per heavy atom. The Bertz CT molecular complexity index is 1180. The zero-order valence-corrected chi connectivity index (χ0v) is 18.1. The lowest BCUT2D eigenvalue weighted by Gasteiger charge is -2.33. The number of hydrogen-bond acceptors (Lipinski definition) is 4. The number of aryl methyl sites for hydroxylation is 2. The molecule has 3 aromatic rings. The molecule has 4 rings (SSSR count). The summed E-state index contributed by atoms with van der Waals surface area (Å²) in [4.78, 5) is 2.56. The van der Waals surface area contributed by atoms with Crippen LogP contribution in [0.5, 0.6) is 0 Å². The van der Waals surface area contributed by atoms with Crippen molar-refractivity contribution in [3.63, 3.8) is 0 Å². The van der Waals surface area contributed by atoms with E-state index in [4.69, 9.17) is 5.26 Å². The van der Waals surface area contributed by atoms with Gasteiger partial charge in [-0.1, -0.05) is 42.5 Å². The Balaban J connectivity index is 1.51. The van der Waals surface area contributed by atoms with Gasteiger partial charge < -0.3 is 4.90 Å². The molecule has 0 radical (unpaired) electrons. The van der Waals surface area contributed by atoms with E-state index in [0.29, 0.717) is 11.3 Å². The monoisotopic (exact) mass is 431 g/mol. The zero-order valence-electron chi connectivity index (χ0n) is 17.3. The van der Waals surface area contributed by atoms with Gasteiger partial charge in [0.15, 0.2) is 0 Å². The molecule has 0 unspecified atom stereocenters. The molecule has 31 heavy (non-hydrogen) atoms. The van der Waals surface area contributed by atoms with Crippen LogP contribution in [0.3, 0.4) is 0 Å². The highest BCUT2D eigenvalue weighted by molar-refractivity contribution is 7.92. The molecule has 0 amide bonds. The van der Waals surface area contributed by atoms with Gasteiger partial charge in [0.05, 0.1) is 27.9 Å². The molecule has 1 heterocycles. The van der Waals surface area contributed by atoms with Crippen LogP contribution in [0, 0.1) is 11.3 Å². The van der Waals surface area contributed by atoms with Gasteiger partial charge in [-0.05, 0) is 67.1 Å². The van der Waals surface area contributed by atoms with Crippen molar-refractivity contribution >= 4 is 21.4 Å². The third kappa shape index (κ3) is 4.89. The van der Waals surface area contributed by atoms with Gasteiger partial charge in [-0.25, -0.2) is 8.42 Å². The third-order valence-corrected chi connectivity index (χ3v) is 6.97. The number of rotatable bonds is 7. The average Bonchev–Trinajstić information content (AvgIpc) is 2.80. The Morgan fingerprint density at radius 2 is 1.74 bits per heavy atom. The van der Waals surface area contributed by atoms with Crippen LogP contribution < -0.4 is 9.62 Å². The van der Waals surface area contributed by atoms with E-state index >= 15 is 0 Å². The summed E-state index contributed by atoms with van der Waals surface area (Å²) in [6.07, 6.45) is 3.86. The van der Waals surface area contributed by atoms with E-state index in [2.05, 4.69) is 21.8 Å². The van der Waals surface area contributed by atoms with E-state index in [1.165, 1.54) is 11.1 Å². The van der Waals surface area contributed by atoms with Gasteiger partial charge in [0, 0.05) is 13.1 Å². The largest absolute Gasteiger partial charge is 0.370 e. The highest BCUT2D eigenvalue weighted by Crippen LogP contribution is 2.36. The van der Waals surface area contributed by atoms with E-state index in [1.54, 1.807) is 30.3 Å². The van der Waals surface area contributed by atoms with E-state index in [-0.39, 0.29) is 4.90 Å². The Hall–Kier alpha value is -3.30. The number of benzene rings is 3. The molecule has 0 saturated carbocycles. The van der Waals surface area contributed by atoms with Crippen molar-refractivity contribution < 1.29 is 8.42 Å². The molecular formula is C25H25N3O2S. The fraction of sp³-hybridized carbons (Fsp3) is 0.240. The maximum absolute atomic E-state index is 12.9. The number of nitrogens with one attached hydrogen (secondary N) is 1. The summed E-state index contributed by atoms with van der Waals surface area (Å²) in [5.74, 6) is 0. The minimum absolute atomic E-state index is 0.260. The van der Waals surface area contributed by atoms with Crippen molar-refractivity contribution in [2.75, 3.05) is 22.7 Å². The summed E-state index contributed by atoms with van der Waals surface area (Å²) in [6.45, 7) is 1.75. The summed E-state index contributed by atoms with van der Waals surface area (Å²) in [5, 5.41) is 8.94. The minimum Gasteiger partial charge on any atom is -0.370 e. The van der Waals surface area contributed by atoms with Crippen LogP contribution in [0.15, 0.2) is 77.7 Å². The highest BCUT2D eigenvalue weighted by atomic mass is 32.2. The van der Waals surface area contributed by atoms with Crippen molar-refractivity contribution in [1.29, 1.82) is 5.26 Å². The predicted molar refractivity (Wildman–Crippen MR) is 124 cm³/mol. The van der Waals surface area contributed by atoms with Gasteiger partial charge >= 0.3 is 0 Å². The second-order valence-electron chi connectivity index (χ2n) is 7.73. The van der Waals surface area contributed by atoms with Gasteiger partial charge in [-0.3, -0.25) is 4.72 Å². The van der Waals surface area contributed by atoms with Crippen LogP contribution in [-0.4, -0.2) is 21.5 Å². The number of sulfonamides is 1. The van der Waals surface area contributed by atoms with Crippen LogP contribution >= 0.6 is 0 Å². The fourth-order valence-corrected chi connectivity index (χ4v) is 5.16. The van der Waals surface area contributed by atoms with Crippen molar-refractivity contribution in [1.82, 2.24) is 0 Å². The number of para-hydroxylation sites is 1. The second-order valence-corrected chi connectivity index (χ2v) is 9.42. The molecule has 1 aliphatic rings. The number of nitriles is 1. The number of fused-ring (bicyclic) bond motifs is 1. The predicted octanol–water partition coefficient (Wildman–Crippen LogP) is 4.74. The first kappa shape index (κ1) is 21.0. The topological polar surface area (TPSA) is 73.2 Å². The molecule has 0 fully saturated rings. The Kier molecular flexibility index (Phi) is 6.24. The Labute approximate surface area is 184 Å². The normalized spacial score (nSPS) is 13.3. The molecule has 1 N–H and O–H groups in total. The molecule has 0 aliphatic carbocycles. The van der Waals surface area contributed by atoms with Crippen LogP contribution in [-0.2, 0) is 22.9 Å². The smallest absolute Gasteiger partial charge is 0.261 e. The SMILES string of the molecule is N#Cc1ccc(CCCN2CCCc3cccc(NS(=O)(=O)c4ccccc4)c32)cc1. The summed E-state index contributed by atoms with van der Waals surface area (Å²) in [7, 11) is -3.64. The summed E-state index contributed by atoms with van der Waals surface area (Å²) < 4.78 is 28.6. The van der Waals surface area contributed by atoms with Gasteiger partial charge in [0.2, 0.25) is 0 Å². The van der Waals surface area contributed by atoms with Crippen LogP contribution in [0.1, 0.15) is 29.5 Å². The molecule has 0 bridgehead atoms. The highest BCUT2D eigenvalue weighted by Gasteiger charge is 2.23. The van der Waals surface area contributed by atoms with Crippen molar-refractivity contribution in [2.45, 2.75) is 30.6 Å². The van der Waals surface area contributed by atoms with E-state index in [1.807, 2.05) is 36.4 Å². The first-order chi connectivity index (χ1) is 15.1. The molecule has 6 heteroatoms.